The number of hydrogen-bond acceptors (Lipinski definition) is 5. The number of nitrogens with zero attached hydrogens (tertiary/aromatic N) is 1. The highest BCUT2D eigenvalue weighted by Gasteiger charge is 2.62. The van der Waals surface area contributed by atoms with Crippen LogP contribution in [0.2, 0.25) is 0 Å². The fourth-order valence-corrected chi connectivity index (χ4v) is 4.18. The van der Waals surface area contributed by atoms with Gasteiger partial charge in [0.2, 0.25) is 11.8 Å². The molecule has 2 amide bonds. The topological polar surface area (TPSA) is 95.9 Å². The summed E-state index contributed by atoms with van der Waals surface area (Å²) < 4.78 is 5.13. The summed E-state index contributed by atoms with van der Waals surface area (Å²) in [6, 6.07) is 0. The Balaban J connectivity index is 2.04. The summed E-state index contributed by atoms with van der Waals surface area (Å²) in [5, 5.41) is 13.0. The first-order chi connectivity index (χ1) is 13.8. The van der Waals surface area contributed by atoms with Crippen LogP contribution in [0.1, 0.15) is 45.4 Å². The maximum atomic E-state index is 13.0. The van der Waals surface area contributed by atoms with Gasteiger partial charge in [0.15, 0.2) is 0 Å². The average molecular weight is 407 g/mol. The van der Waals surface area contributed by atoms with Crippen molar-refractivity contribution in [2.75, 3.05) is 20.2 Å². The quantitative estimate of drug-likeness (QED) is 0.310. The lowest BCUT2D eigenvalue weighted by Crippen LogP contribution is -2.50. The molecule has 2 fully saturated rings. The van der Waals surface area contributed by atoms with E-state index in [-0.39, 0.29) is 37.2 Å². The van der Waals surface area contributed by atoms with Crippen molar-refractivity contribution in [1.82, 2.24) is 10.2 Å². The first-order valence-electron chi connectivity index (χ1n) is 10.5. The van der Waals surface area contributed by atoms with Crippen molar-refractivity contribution in [1.29, 1.82) is 0 Å². The average Bonchev–Trinajstić information content (AvgIpc) is 3.27. The maximum absolute atomic E-state index is 13.0. The van der Waals surface area contributed by atoms with Gasteiger partial charge in [0.25, 0.3) is 0 Å². The molecule has 162 valence electrons. The van der Waals surface area contributed by atoms with E-state index in [1.165, 1.54) is 0 Å². The number of rotatable bonds is 11. The standard InChI is InChI=1S/C22H34N2O5/c1-5-8-9-10-11-24(4)20(27)18-13-16(25)12-17(18)19(26)23-22(14-15(22)6-2)21(28)29-7-3/h5-6,15-18,25H,1-2,7-14H2,3-4H3,(H,23,26)/t15-,16+,17+,18+,22+/m0/s1. The lowest BCUT2D eigenvalue weighted by atomic mass is 9.93. The number of unbranched alkanes of at least 4 members (excludes halogenated alkanes) is 2. The number of aliphatic hydroxyl groups excluding tert-OH is 1. The predicted molar refractivity (Wildman–Crippen MR) is 110 cm³/mol. The SMILES string of the molecule is C=CCCCCN(C)C(=O)[C@@H]1C[C@H](O)C[C@H]1C(=O)N[C@]1(C(=O)OCC)C[C@@H]1C=C. The summed E-state index contributed by atoms with van der Waals surface area (Å²) in [6.45, 7) is 9.94. The second-order valence-corrected chi connectivity index (χ2v) is 8.11. The molecule has 0 spiro atoms. The molecular formula is C22H34N2O5. The van der Waals surface area contributed by atoms with Crippen molar-refractivity contribution in [3.63, 3.8) is 0 Å². The van der Waals surface area contributed by atoms with Gasteiger partial charge in [-0.1, -0.05) is 12.2 Å². The molecule has 0 radical (unpaired) electrons. The zero-order valence-corrected chi connectivity index (χ0v) is 17.6. The van der Waals surface area contributed by atoms with Crippen LogP contribution in [-0.4, -0.2) is 59.6 Å². The number of ether oxygens (including phenoxy) is 1. The number of allylic oxidation sites excluding steroid dienone is 1. The van der Waals surface area contributed by atoms with Crippen LogP contribution in [0.4, 0.5) is 0 Å². The third-order valence-corrected chi connectivity index (χ3v) is 6.00. The van der Waals surface area contributed by atoms with Crippen LogP contribution in [0, 0.1) is 17.8 Å². The van der Waals surface area contributed by atoms with Crippen molar-refractivity contribution in [3.8, 4) is 0 Å². The highest BCUT2D eigenvalue weighted by atomic mass is 16.5. The van der Waals surface area contributed by atoms with Crippen LogP contribution in [0.5, 0.6) is 0 Å². The van der Waals surface area contributed by atoms with Crippen LogP contribution < -0.4 is 5.32 Å². The molecule has 0 aromatic rings. The predicted octanol–water partition coefficient (Wildman–Crippen LogP) is 1.81. The number of amides is 2. The van der Waals surface area contributed by atoms with E-state index in [0.717, 1.165) is 19.3 Å². The molecular weight excluding hydrogens is 372 g/mol. The summed E-state index contributed by atoms with van der Waals surface area (Å²) in [4.78, 5) is 39.9. The van der Waals surface area contributed by atoms with Crippen LogP contribution in [-0.2, 0) is 19.1 Å². The molecule has 0 bridgehead atoms. The van der Waals surface area contributed by atoms with E-state index in [1.807, 2.05) is 6.08 Å². The molecule has 0 aliphatic heterocycles. The van der Waals surface area contributed by atoms with E-state index >= 15 is 0 Å². The first kappa shape index (κ1) is 23.1. The molecule has 7 heteroatoms. The minimum absolute atomic E-state index is 0.137. The lowest BCUT2D eigenvalue weighted by molar-refractivity contribution is -0.150. The van der Waals surface area contributed by atoms with Crippen LogP contribution in [0.25, 0.3) is 0 Å². The van der Waals surface area contributed by atoms with E-state index in [9.17, 15) is 19.5 Å². The van der Waals surface area contributed by atoms with Crippen LogP contribution >= 0.6 is 0 Å². The Hall–Kier alpha value is -2.15. The highest BCUT2D eigenvalue weighted by molar-refractivity contribution is 5.94. The molecule has 0 heterocycles. The van der Waals surface area contributed by atoms with E-state index < -0.39 is 29.4 Å². The van der Waals surface area contributed by atoms with Gasteiger partial charge < -0.3 is 20.1 Å². The molecule has 0 unspecified atom stereocenters. The van der Waals surface area contributed by atoms with E-state index in [4.69, 9.17) is 4.74 Å². The fourth-order valence-electron chi connectivity index (χ4n) is 4.18. The molecule has 0 aromatic heterocycles. The summed E-state index contributed by atoms with van der Waals surface area (Å²) >= 11 is 0. The second kappa shape index (κ2) is 10.1. The van der Waals surface area contributed by atoms with E-state index in [1.54, 1.807) is 24.9 Å². The van der Waals surface area contributed by atoms with Crippen LogP contribution in [0.3, 0.4) is 0 Å². The fraction of sp³-hybridized carbons (Fsp3) is 0.682. The van der Waals surface area contributed by atoms with Gasteiger partial charge >= 0.3 is 5.97 Å². The smallest absolute Gasteiger partial charge is 0.332 e. The van der Waals surface area contributed by atoms with E-state index in [0.29, 0.717) is 13.0 Å². The van der Waals surface area contributed by atoms with Crippen molar-refractivity contribution < 1.29 is 24.2 Å². The van der Waals surface area contributed by atoms with E-state index in [2.05, 4.69) is 18.5 Å². The third kappa shape index (κ3) is 5.26. The molecule has 2 aliphatic carbocycles. The molecule has 2 N–H and O–H groups in total. The lowest BCUT2D eigenvalue weighted by Gasteiger charge is -2.26. The number of carbonyl (C=O) groups excluding carboxylic acids is 3. The second-order valence-electron chi connectivity index (χ2n) is 8.11. The Morgan fingerprint density at radius 1 is 1.24 bits per heavy atom. The summed E-state index contributed by atoms with van der Waals surface area (Å²) in [7, 11) is 1.73. The largest absolute Gasteiger partial charge is 0.464 e. The molecule has 7 nitrogen and oxygen atoms in total. The minimum Gasteiger partial charge on any atom is -0.464 e. The molecule has 29 heavy (non-hydrogen) atoms. The molecule has 2 aliphatic rings. The third-order valence-electron chi connectivity index (χ3n) is 6.00. The van der Waals surface area contributed by atoms with Crippen LogP contribution in [0.15, 0.2) is 25.3 Å². The molecule has 5 atom stereocenters. The Bertz CT molecular complexity index is 649. The van der Waals surface area contributed by atoms with Gasteiger partial charge in [-0.05, 0) is 45.4 Å². The number of carbonyl (C=O) groups is 3. The van der Waals surface area contributed by atoms with Gasteiger partial charge in [-0.25, -0.2) is 4.79 Å². The zero-order chi connectivity index (χ0) is 21.6. The number of hydrogen-bond donors (Lipinski definition) is 2. The van der Waals surface area contributed by atoms with Gasteiger partial charge in [-0.15, -0.1) is 13.2 Å². The Morgan fingerprint density at radius 3 is 2.52 bits per heavy atom. The van der Waals surface area contributed by atoms with Crippen molar-refractivity contribution >= 4 is 17.8 Å². The Labute approximate surface area is 173 Å². The van der Waals surface area contributed by atoms with Gasteiger partial charge in [-0.2, -0.15) is 0 Å². The molecule has 2 saturated carbocycles. The van der Waals surface area contributed by atoms with Gasteiger partial charge in [0, 0.05) is 19.5 Å². The van der Waals surface area contributed by atoms with Crippen molar-refractivity contribution in [2.45, 2.75) is 57.1 Å². The summed E-state index contributed by atoms with van der Waals surface area (Å²) in [6.07, 6.45) is 6.39. The monoisotopic (exact) mass is 406 g/mol. The van der Waals surface area contributed by atoms with Crippen molar-refractivity contribution in [3.05, 3.63) is 25.3 Å². The summed E-state index contributed by atoms with van der Waals surface area (Å²) in [5.41, 5.74) is -1.09. The minimum atomic E-state index is -1.09. The number of esters is 1. The maximum Gasteiger partial charge on any atom is 0.332 e. The van der Waals surface area contributed by atoms with Gasteiger partial charge in [0.1, 0.15) is 5.54 Å². The number of aliphatic hydroxyl groups is 1. The molecule has 2 rings (SSSR count). The van der Waals surface area contributed by atoms with Crippen molar-refractivity contribution in [2.24, 2.45) is 17.8 Å². The normalized spacial score (nSPS) is 30.3. The van der Waals surface area contributed by atoms with Gasteiger partial charge in [-0.3, -0.25) is 9.59 Å². The highest BCUT2D eigenvalue weighted by Crippen LogP contribution is 2.46. The first-order valence-corrected chi connectivity index (χ1v) is 10.5. The Morgan fingerprint density at radius 2 is 1.93 bits per heavy atom. The molecule has 0 aromatic carbocycles. The molecule has 0 saturated heterocycles. The van der Waals surface area contributed by atoms with Gasteiger partial charge in [0.05, 0.1) is 24.5 Å². The zero-order valence-electron chi connectivity index (χ0n) is 17.6. The Kier molecular flexibility index (Phi) is 8.02. The summed E-state index contributed by atoms with van der Waals surface area (Å²) in [5.74, 6) is -2.42. The number of nitrogens with one attached hydrogen (secondary N) is 1.